The fourth-order valence-corrected chi connectivity index (χ4v) is 2.70. The van der Waals surface area contributed by atoms with Crippen LogP contribution in [0.25, 0.3) is 5.70 Å². The Bertz CT molecular complexity index is 661. The van der Waals surface area contributed by atoms with E-state index in [0.29, 0.717) is 17.0 Å². The molecule has 0 aromatic heterocycles. The molecule has 0 radical (unpaired) electrons. The third-order valence-electron chi connectivity index (χ3n) is 3.57. The quantitative estimate of drug-likeness (QED) is 0.262. The van der Waals surface area contributed by atoms with E-state index in [4.69, 9.17) is 0 Å². The highest BCUT2D eigenvalue weighted by molar-refractivity contribution is 7.80. The van der Waals surface area contributed by atoms with Gasteiger partial charge in [0, 0.05) is 24.1 Å². The molecule has 0 heterocycles. The molecule has 1 aromatic carbocycles. The standard InChI is InChI=1S/C18H24N2O2S/c1-6-12(7-2)15(10-23)18(20-19-5)14-8-13(11(3)4)16(21)9-17(14)22/h6-9,11,20-23H,1,5,10H2,2-4H3/b12-7+,18-15+. The molecular weight excluding hydrogens is 308 g/mol. The minimum absolute atomic E-state index is 0.0446. The summed E-state index contributed by atoms with van der Waals surface area (Å²) in [5.41, 5.74) is 6.40. The first-order chi connectivity index (χ1) is 10.9. The van der Waals surface area contributed by atoms with Crippen molar-refractivity contribution in [2.45, 2.75) is 26.7 Å². The van der Waals surface area contributed by atoms with E-state index in [1.54, 1.807) is 12.1 Å². The Labute approximate surface area is 143 Å². The summed E-state index contributed by atoms with van der Waals surface area (Å²) in [6, 6.07) is 3.09. The zero-order chi connectivity index (χ0) is 17.6. The van der Waals surface area contributed by atoms with Crippen molar-refractivity contribution in [3.05, 3.63) is 53.1 Å². The summed E-state index contributed by atoms with van der Waals surface area (Å²) in [6.45, 7) is 13.1. The van der Waals surface area contributed by atoms with Gasteiger partial charge in [0.2, 0.25) is 0 Å². The fourth-order valence-electron chi connectivity index (χ4n) is 2.36. The minimum Gasteiger partial charge on any atom is -0.508 e. The van der Waals surface area contributed by atoms with Gasteiger partial charge >= 0.3 is 0 Å². The van der Waals surface area contributed by atoms with Crippen LogP contribution in [0.4, 0.5) is 0 Å². The SMILES string of the molecule is C=CC(=C\C)/C(CS)=C(/NN=C)c1cc(C(C)C)c(O)cc1O. The highest BCUT2D eigenvalue weighted by atomic mass is 32.1. The Morgan fingerprint density at radius 1 is 1.35 bits per heavy atom. The number of benzene rings is 1. The molecule has 4 nitrogen and oxygen atoms in total. The Balaban J connectivity index is 3.73. The summed E-state index contributed by atoms with van der Waals surface area (Å²) in [6.07, 6.45) is 3.63. The molecule has 0 saturated carbocycles. The van der Waals surface area contributed by atoms with Crippen LogP contribution in [0.3, 0.4) is 0 Å². The number of hydrogen-bond acceptors (Lipinski definition) is 5. The molecule has 1 aromatic rings. The smallest absolute Gasteiger partial charge is 0.128 e. The van der Waals surface area contributed by atoms with Gasteiger partial charge in [0.15, 0.2) is 0 Å². The topological polar surface area (TPSA) is 64.9 Å². The number of phenolic OH excluding ortho intramolecular Hbond substituents is 2. The molecule has 0 saturated heterocycles. The molecule has 0 aliphatic heterocycles. The van der Waals surface area contributed by atoms with Crippen LogP contribution in [0.15, 0.2) is 47.1 Å². The summed E-state index contributed by atoms with van der Waals surface area (Å²) in [5, 5.41) is 24.1. The highest BCUT2D eigenvalue weighted by Gasteiger charge is 2.18. The average molecular weight is 332 g/mol. The van der Waals surface area contributed by atoms with Crippen LogP contribution in [0.1, 0.15) is 37.8 Å². The zero-order valence-electron chi connectivity index (χ0n) is 13.8. The molecule has 124 valence electrons. The second-order valence-electron chi connectivity index (χ2n) is 5.31. The average Bonchev–Trinajstić information content (AvgIpc) is 2.51. The Hall–Kier alpha value is -2.14. The molecule has 0 spiro atoms. The number of phenols is 2. The van der Waals surface area contributed by atoms with Crippen LogP contribution in [0.2, 0.25) is 0 Å². The molecule has 0 aliphatic carbocycles. The molecule has 0 aliphatic rings. The van der Waals surface area contributed by atoms with Gasteiger partial charge in [0.25, 0.3) is 0 Å². The molecule has 0 amide bonds. The van der Waals surface area contributed by atoms with Gasteiger partial charge in [-0.25, -0.2) is 0 Å². The van der Waals surface area contributed by atoms with Crippen LogP contribution >= 0.6 is 12.6 Å². The second-order valence-corrected chi connectivity index (χ2v) is 5.63. The van der Waals surface area contributed by atoms with Gasteiger partial charge in [-0.05, 0) is 35.6 Å². The number of nitrogens with one attached hydrogen (secondary N) is 1. The predicted molar refractivity (Wildman–Crippen MR) is 101 cm³/mol. The van der Waals surface area contributed by atoms with Crippen molar-refractivity contribution in [2.24, 2.45) is 5.10 Å². The van der Waals surface area contributed by atoms with Gasteiger partial charge in [0.1, 0.15) is 11.5 Å². The first-order valence-corrected chi connectivity index (χ1v) is 7.95. The van der Waals surface area contributed by atoms with E-state index in [2.05, 4.69) is 36.5 Å². The van der Waals surface area contributed by atoms with E-state index in [1.165, 1.54) is 6.07 Å². The fraction of sp³-hybridized carbons (Fsp3) is 0.278. The summed E-state index contributed by atoms with van der Waals surface area (Å²) < 4.78 is 0. The van der Waals surface area contributed by atoms with Gasteiger partial charge < -0.3 is 10.2 Å². The maximum Gasteiger partial charge on any atom is 0.128 e. The molecule has 0 unspecified atom stereocenters. The third-order valence-corrected chi connectivity index (χ3v) is 3.88. The maximum atomic E-state index is 10.3. The summed E-state index contributed by atoms with van der Waals surface area (Å²) in [5.74, 6) is 0.541. The number of hydrogen-bond donors (Lipinski definition) is 4. The summed E-state index contributed by atoms with van der Waals surface area (Å²) >= 11 is 4.39. The van der Waals surface area contributed by atoms with Crippen molar-refractivity contribution in [3.8, 4) is 11.5 Å². The lowest BCUT2D eigenvalue weighted by atomic mass is 9.94. The molecular formula is C18H24N2O2S. The van der Waals surface area contributed by atoms with Gasteiger partial charge in [-0.2, -0.15) is 17.7 Å². The Kier molecular flexibility index (Phi) is 6.97. The van der Waals surface area contributed by atoms with E-state index in [9.17, 15) is 10.2 Å². The third kappa shape index (κ3) is 4.20. The largest absolute Gasteiger partial charge is 0.508 e. The van der Waals surface area contributed by atoms with Crippen molar-refractivity contribution in [3.63, 3.8) is 0 Å². The molecule has 5 heteroatoms. The van der Waals surface area contributed by atoms with Gasteiger partial charge in [-0.3, -0.25) is 5.43 Å². The van der Waals surface area contributed by atoms with Crippen LogP contribution in [-0.2, 0) is 0 Å². The maximum absolute atomic E-state index is 10.3. The second kappa shape index (κ2) is 8.48. The number of rotatable bonds is 7. The van der Waals surface area contributed by atoms with E-state index < -0.39 is 0 Å². The highest BCUT2D eigenvalue weighted by Crippen LogP contribution is 2.37. The van der Waals surface area contributed by atoms with Gasteiger partial charge in [-0.1, -0.05) is 32.6 Å². The van der Waals surface area contributed by atoms with Crippen LogP contribution in [-0.4, -0.2) is 22.7 Å². The van der Waals surface area contributed by atoms with E-state index in [1.807, 2.05) is 26.8 Å². The van der Waals surface area contributed by atoms with Crippen LogP contribution in [0.5, 0.6) is 11.5 Å². The monoisotopic (exact) mass is 332 g/mol. The number of hydrazone groups is 1. The zero-order valence-corrected chi connectivity index (χ0v) is 14.7. The number of aromatic hydroxyl groups is 2. The molecule has 0 fully saturated rings. The predicted octanol–water partition coefficient (Wildman–Crippen LogP) is 4.20. The Morgan fingerprint density at radius 2 is 2.00 bits per heavy atom. The summed E-state index contributed by atoms with van der Waals surface area (Å²) in [7, 11) is 0. The van der Waals surface area contributed by atoms with Crippen molar-refractivity contribution in [1.29, 1.82) is 0 Å². The number of allylic oxidation sites excluding steroid dienone is 3. The Morgan fingerprint density at radius 3 is 2.43 bits per heavy atom. The first-order valence-electron chi connectivity index (χ1n) is 7.32. The van der Waals surface area contributed by atoms with E-state index in [-0.39, 0.29) is 17.4 Å². The lowest BCUT2D eigenvalue weighted by Gasteiger charge is -2.18. The van der Waals surface area contributed by atoms with E-state index in [0.717, 1.165) is 16.7 Å². The van der Waals surface area contributed by atoms with Crippen molar-refractivity contribution in [1.82, 2.24) is 5.43 Å². The van der Waals surface area contributed by atoms with E-state index >= 15 is 0 Å². The first kappa shape index (κ1) is 18.9. The normalized spacial score (nSPS) is 12.8. The molecule has 1 rings (SSSR count). The van der Waals surface area contributed by atoms with Crippen LogP contribution < -0.4 is 5.43 Å². The van der Waals surface area contributed by atoms with Gasteiger partial charge in [-0.15, -0.1) is 0 Å². The van der Waals surface area contributed by atoms with Gasteiger partial charge in [0.05, 0.1) is 5.70 Å². The molecule has 0 atom stereocenters. The van der Waals surface area contributed by atoms with Crippen molar-refractivity contribution in [2.75, 3.05) is 5.75 Å². The lowest BCUT2D eigenvalue weighted by molar-refractivity contribution is 0.442. The van der Waals surface area contributed by atoms with Crippen molar-refractivity contribution >= 4 is 25.0 Å². The molecule has 0 bridgehead atoms. The summed E-state index contributed by atoms with van der Waals surface area (Å²) in [4.78, 5) is 0. The lowest BCUT2D eigenvalue weighted by Crippen LogP contribution is -2.10. The molecule has 3 N–H and O–H groups in total. The number of thiol groups is 1. The molecule has 23 heavy (non-hydrogen) atoms. The van der Waals surface area contributed by atoms with Crippen LogP contribution in [0, 0.1) is 0 Å². The van der Waals surface area contributed by atoms with Crippen molar-refractivity contribution < 1.29 is 10.2 Å². The number of nitrogens with zero attached hydrogens (tertiary/aromatic N) is 1. The minimum atomic E-state index is -0.0446.